The Morgan fingerprint density at radius 2 is 2.00 bits per heavy atom. The van der Waals surface area contributed by atoms with E-state index in [4.69, 9.17) is 0 Å². The Balaban J connectivity index is 2.15. The van der Waals surface area contributed by atoms with Gasteiger partial charge in [-0.3, -0.25) is 4.79 Å². The van der Waals surface area contributed by atoms with Crippen LogP contribution < -0.4 is 5.32 Å². The molecule has 0 bridgehead atoms. The van der Waals surface area contributed by atoms with Gasteiger partial charge in [-0.15, -0.1) is 0 Å². The van der Waals surface area contributed by atoms with E-state index in [1.54, 1.807) is 20.0 Å². The summed E-state index contributed by atoms with van der Waals surface area (Å²) >= 11 is 0. The largest absolute Gasteiger partial charge is 0.393 e. The molecule has 21 heavy (non-hydrogen) atoms. The van der Waals surface area contributed by atoms with Crippen molar-refractivity contribution in [3.05, 3.63) is 23.4 Å². The summed E-state index contributed by atoms with van der Waals surface area (Å²) in [5.74, 6) is -3.06. The first kappa shape index (κ1) is 15.8. The molecule has 1 aliphatic heterocycles. The molecule has 7 heteroatoms. The predicted molar refractivity (Wildman–Crippen MR) is 72.9 cm³/mol. The molecule has 0 aliphatic carbocycles. The molecule has 4 nitrogen and oxygen atoms in total. The zero-order chi connectivity index (χ0) is 15.8. The van der Waals surface area contributed by atoms with Crippen LogP contribution in [0, 0.1) is 25.7 Å². The third-order valence-corrected chi connectivity index (χ3v) is 3.61. The maximum absolute atomic E-state index is 13.0. The highest BCUT2D eigenvalue weighted by Gasteiger charge is 2.51. The lowest BCUT2D eigenvalue weighted by atomic mass is 9.94. The van der Waals surface area contributed by atoms with E-state index in [0.29, 0.717) is 11.5 Å². The van der Waals surface area contributed by atoms with Gasteiger partial charge in [0.25, 0.3) is 0 Å². The quantitative estimate of drug-likeness (QED) is 0.912. The number of aryl methyl sites for hydroxylation is 2. The van der Waals surface area contributed by atoms with Gasteiger partial charge < -0.3 is 10.2 Å². The van der Waals surface area contributed by atoms with Crippen LogP contribution in [0.25, 0.3) is 0 Å². The van der Waals surface area contributed by atoms with Crippen molar-refractivity contribution in [2.75, 3.05) is 25.5 Å². The molecule has 0 aromatic carbocycles. The van der Waals surface area contributed by atoms with Crippen molar-refractivity contribution in [3.63, 3.8) is 0 Å². The monoisotopic (exact) mass is 301 g/mol. The van der Waals surface area contributed by atoms with Gasteiger partial charge >= 0.3 is 6.18 Å². The molecule has 0 spiro atoms. The van der Waals surface area contributed by atoms with Gasteiger partial charge in [-0.1, -0.05) is 0 Å². The summed E-state index contributed by atoms with van der Waals surface area (Å²) in [5, 5.41) is 2.51. The molecule has 1 fully saturated rings. The number of nitrogens with one attached hydrogen (secondary N) is 1. The molecular formula is C14H18F3N3O. The fraction of sp³-hybridized carbons (Fsp3) is 0.571. The van der Waals surface area contributed by atoms with Crippen molar-refractivity contribution in [2.24, 2.45) is 11.8 Å². The van der Waals surface area contributed by atoms with Crippen molar-refractivity contribution in [1.82, 2.24) is 9.88 Å². The van der Waals surface area contributed by atoms with E-state index < -0.39 is 23.9 Å². The first-order chi connectivity index (χ1) is 9.66. The number of amides is 1. The van der Waals surface area contributed by atoms with Crippen LogP contribution in [-0.2, 0) is 4.79 Å². The lowest BCUT2D eigenvalue weighted by Crippen LogP contribution is -2.36. The highest BCUT2D eigenvalue weighted by molar-refractivity contribution is 5.92. The molecule has 1 N–H and O–H groups in total. The van der Waals surface area contributed by atoms with Crippen LogP contribution in [0.5, 0.6) is 0 Å². The Labute approximate surface area is 121 Å². The highest BCUT2D eigenvalue weighted by atomic mass is 19.4. The van der Waals surface area contributed by atoms with E-state index in [0.717, 1.165) is 5.56 Å². The number of pyridine rings is 1. The molecule has 0 unspecified atom stereocenters. The molecule has 0 saturated carbocycles. The maximum atomic E-state index is 13.0. The van der Waals surface area contributed by atoms with Gasteiger partial charge in [-0.05, 0) is 38.6 Å². The summed E-state index contributed by atoms with van der Waals surface area (Å²) in [6.07, 6.45) is -4.37. The average Bonchev–Trinajstić information content (AvgIpc) is 2.69. The highest BCUT2D eigenvalue weighted by Crippen LogP contribution is 2.37. The number of carbonyl (C=O) groups excluding carboxylic acids is 1. The van der Waals surface area contributed by atoms with E-state index in [1.807, 2.05) is 13.0 Å². The molecule has 2 atom stereocenters. The van der Waals surface area contributed by atoms with Crippen molar-refractivity contribution < 1.29 is 18.0 Å². The van der Waals surface area contributed by atoms with Gasteiger partial charge in [0, 0.05) is 18.8 Å². The van der Waals surface area contributed by atoms with Crippen molar-refractivity contribution >= 4 is 11.7 Å². The third kappa shape index (κ3) is 3.72. The van der Waals surface area contributed by atoms with E-state index >= 15 is 0 Å². The molecule has 116 valence electrons. The number of halogens is 3. The minimum atomic E-state index is -4.37. The number of hydrogen-bond acceptors (Lipinski definition) is 3. The van der Waals surface area contributed by atoms with Crippen LogP contribution in [0.3, 0.4) is 0 Å². The molecule has 2 heterocycles. The minimum absolute atomic E-state index is 0.0980. The third-order valence-electron chi connectivity index (χ3n) is 3.61. The van der Waals surface area contributed by atoms with E-state index in [1.165, 1.54) is 4.90 Å². The molecule has 0 radical (unpaired) electrons. The zero-order valence-electron chi connectivity index (χ0n) is 12.2. The van der Waals surface area contributed by atoms with Crippen LogP contribution in [0.2, 0.25) is 0 Å². The molecule has 1 aliphatic rings. The van der Waals surface area contributed by atoms with Crippen molar-refractivity contribution in [2.45, 2.75) is 20.0 Å². The van der Waals surface area contributed by atoms with Crippen molar-refractivity contribution in [3.8, 4) is 0 Å². The number of hydrogen-bond donors (Lipinski definition) is 1. The zero-order valence-corrected chi connectivity index (χ0v) is 12.2. The summed E-state index contributed by atoms with van der Waals surface area (Å²) in [4.78, 5) is 17.8. The van der Waals surface area contributed by atoms with E-state index in [9.17, 15) is 18.0 Å². The van der Waals surface area contributed by atoms with Gasteiger partial charge in [0.2, 0.25) is 5.91 Å². The Morgan fingerprint density at radius 3 is 2.57 bits per heavy atom. The number of nitrogens with zero attached hydrogens (tertiary/aromatic N) is 2. The Kier molecular flexibility index (Phi) is 4.22. The van der Waals surface area contributed by atoms with Gasteiger partial charge in [0.15, 0.2) is 0 Å². The number of anilines is 1. The lowest BCUT2D eigenvalue weighted by molar-refractivity contribution is -0.182. The van der Waals surface area contributed by atoms with Crippen LogP contribution in [0.15, 0.2) is 12.1 Å². The number of alkyl halides is 3. The van der Waals surface area contributed by atoms with E-state index in [-0.39, 0.29) is 13.1 Å². The Hall–Kier alpha value is -1.63. The normalized spacial score (nSPS) is 23.3. The molecular weight excluding hydrogens is 283 g/mol. The van der Waals surface area contributed by atoms with Crippen LogP contribution in [-0.4, -0.2) is 42.1 Å². The first-order valence-corrected chi connectivity index (χ1v) is 6.68. The minimum Gasteiger partial charge on any atom is -0.310 e. The standard InChI is InChI=1S/C14H18F3N3O/c1-8-4-9(2)18-12(5-8)19-13(21)10-6-20(3)7-11(10)14(15,16)17/h4-5,10-11H,6-7H2,1-3H3,(H,18,19,21)/t10-,11-/m1/s1. The molecule has 1 saturated heterocycles. The molecule has 1 aromatic rings. The Bertz CT molecular complexity index is 525. The van der Waals surface area contributed by atoms with Gasteiger partial charge in [-0.2, -0.15) is 13.2 Å². The van der Waals surface area contributed by atoms with Gasteiger partial charge in [-0.25, -0.2) is 4.98 Å². The molecule has 2 rings (SSSR count). The second kappa shape index (κ2) is 5.63. The second-order valence-corrected chi connectivity index (χ2v) is 5.64. The van der Waals surface area contributed by atoms with Crippen LogP contribution >= 0.6 is 0 Å². The summed E-state index contributed by atoms with van der Waals surface area (Å²) in [5.41, 5.74) is 1.61. The van der Waals surface area contributed by atoms with Crippen LogP contribution in [0.4, 0.5) is 19.0 Å². The second-order valence-electron chi connectivity index (χ2n) is 5.64. The number of carbonyl (C=O) groups is 1. The fourth-order valence-electron chi connectivity index (χ4n) is 2.72. The maximum Gasteiger partial charge on any atom is 0.393 e. The average molecular weight is 301 g/mol. The Morgan fingerprint density at radius 1 is 1.33 bits per heavy atom. The lowest BCUT2D eigenvalue weighted by Gasteiger charge is -2.20. The van der Waals surface area contributed by atoms with Crippen molar-refractivity contribution in [1.29, 1.82) is 0 Å². The summed E-state index contributed by atoms with van der Waals surface area (Å²) in [6.45, 7) is 3.55. The van der Waals surface area contributed by atoms with Gasteiger partial charge in [0.1, 0.15) is 5.82 Å². The first-order valence-electron chi connectivity index (χ1n) is 6.68. The summed E-state index contributed by atoms with van der Waals surface area (Å²) < 4.78 is 39.0. The summed E-state index contributed by atoms with van der Waals surface area (Å²) in [6, 6.07) is 3.48. The molecule has 1 aromatic heterocycles. The van der Waals surface area contributed by atoms with Crippen LogP contribution in [0.1, 0.15) is 11.3 Å². The van der Waals surface area contributed by atoms with Gasteiger partial charge in [0.05, 0.1) is 11.8 Å². The summed E-state index contributed by atoms with van der Waals surface area (Å²) in [7, 11) is 1.58. The number of rotatable bonds is 2. The topological polar surface area (TPSA) is 45.2 Å². The fourth-order valence-corrected chi connectivity index (χ4v) is 2.72. The number of aromatic nitrogens is 1. The molecule has 1 amide bonds. The predicted octanol–water partition coefficient (Wildman–Crippen LogP) is 2.38. The SMILES string of the molecule is Cc1cc(C)nc(NC(=O)[C@@H]2CN(C)C[C@H]2C(F)(F)F)c1. The van der Waals surface area contributed by atoms with E-state index in [2.05, 4.69) is 10.3 Å². The number of likely N-dealkylation sites (tertiary alicyclic amines) is 1. The smallest absolute Gasteiger partial charge is 0.310 e.